The van der Waals surface area contributed by atoms with E-state index in [0.717, 1.165) is 25.4 Å². The van der Waals surface area contributed by atoms with Crippen molar-refractivity contribution in [3.63, 3.8) is 0 Å². The van der Waals surface area contributed by atoms with Crippen LogP contribution in [0.25, 0.3) is 0 Å². The molecule has 0 amide bonds. The number of benzene rings is 1. The van der Waals surface area contributed by atoms with Gasteiger partial charge in [0.15, 0.2) is 5.78 Å². The molecule has 1 fully saturated rings. The summed E-state index contributed by atoms with van der Waals surface area (Å²) in [5, 5.41) is 0.557. The highest BCUT2D eigenvalue weighted by Gasteiger charge is 2.27. The number of thioether (sulfide) groups is 1. The zero-order valence-electron chi connectivity index (χ0n) is 11.5. The summed E-state index contributed by atoms with van der Waals surface area (Å²) in [7, 11) is 0. The Morgan fingerprint density at radius 2 is 2.16 bits per heavy atom. The van der Waals surface area contributed by atoms with E-state index in [2.05, 4.69) is 18.7 Å². The van der Waals surface area contributed by atoms with Crippen LogP contribution in [-0.2, 0) is 0 Å². The molecule has 2 nitrogen and oxygen atoms in total. The van der Waals surface area contributed by atoms with Gasteiger partial charge in [0.25, 0.3) is 0 Å². The van der Waals surface area contributed by atoms with Gasteiger partial charge in [0, 0.05) is 42.1 Å². The molecule has 1 aliphatic heterocycles. The second kappa shape index (κ2) is 6.29. The Hall–Kier alpha value is -0.510. The maximum atomic E-state index is 12.2. The van der Waals surface area contributed by atoms with E-state index in [4.69, 9.17) is 11.6 Å². The number of carbonyl (C=O) groups is 1. The van der Waals surface area contributed by atoms with Crippen molar-refractivity contribution in [1.29, 1.82) is 0 Å². The Bertz CT molecular complexity index is 461. The first-order chi connectivity index (χ1) is 8.98. The van der Waals surface area contributed by atoms with Crippen molar-refractivity contribution in [3.05, 3.63) is 34.9 Å². The standard InChI is InChI=1S/C15H20ClNOS/c1-15(2)11-17(9-10-19-15)8-7-14(18)12-5-3-4-6-13(12)16/h3-6H,7-11H2,1-2H3. The van der Waals surface area contributed by atoms with Gasteiger partial charge >= 0.3 is 0 Å². The summed E-state index contributed by atoms with van der Waals surface area (Å²) in [5.74, 6) is 1.29. The predicted octanol–water partition coefficient (Wildman–Crippen LogP) is 3.74. The highest BCUT2D eigenvalue weighted by Crippen LogP contribution is 2.29. The van der Waals surface area contributed by atoms with Gasteiger partial charge in [0.1, 0.15) is 0 Å². The minimum atomic E-state index is 0.140. The molecule has 4 heteroatoms. The van der Waals surface area contributed by atoms with Gasteiger partial charge in [-0.05, 0) is 26.0 Å². The van der Waals surface area contributed by atoms with Gasteiger partial charge in [-0.2, -0.15) is 11.8 Å². The molecule has 0 aliphatic carbocycles. The molecule has 19 heavy (non-hydrogen) atoms. The zero-order chi connectivity index (χ0) is 13.9. The molecule has 1 aromatic carbocycles. The van der Waals surface area contributed by atoms with Gasteiger partial charge in [-0.15, -0.1) is 0 Å². The molecule has 0 N–H and O–H groups in total. The van der Waals surface area contributed by atoms with E-state index in [1.54, 1.807) is 12.1 Å². The molecule has 1 heterocycles. The quantitative estimate of drug-likeness (QED) is 0.790. The Morgan fingerprint density at radius 3 is 2.84 bits per heavy atom. The summed E-state index contributed by atoms with van der Waals surface area (Å²) >= 11 is 8.06. The maximum absolute atomic E-state index is 12.2. The molecule has 1 aromatic rings. The fourth-order valence-electron chi connectivity index (χ4n) is 2.39. The van der Waals surface area contributed by atoms with Crippen LogP contribution in [0, 0.1) is 0 Å². The third kappa shape index (κ3) is 4.23. The largest absolute Gasteiger partial charge is 0.301 e. The zero-order valence-corrected chi connectivity index (χ0v) is 13.1. The van der Waals surface area contributed by atoms with Crippen molar-refractivity contribution in [3.8, 4) is 0 Å². The summed E-state index contributed by atoms with van der Waals surface area (Å²) in [4.78, 5) is 14.5. The van der Waals surface area contributed by atoms with E-state index in [1.807, 2.05) is 23.9 Å². The smallest absolute Gasteiger partial charge is 0.165 e. The molecule has 1 saturated heterocycles. The third-order valence-electron chi connectivity index (χ3n) is 3.33. The number of halogens is 1. The van der Waals surface area contributed by atoms with Crippen LogP contribution in [0.2, 0.25) is 5.02 Å². The van der Waals surface area contributed by atoms with E-state index >= 15 is 0 Å². The maximum Gasteiger partial charge on any atom is 0.165 e. The number of Topliss-reactive ketones (excluding diaryl/α,β-unsaturated/α-hetero) is 1. The van der Waals surface area contributed by atoms with E-state index < -0.39 is 0 Å². The monoisotopic (exact) mass is 297 g/mol. The third-order valence-corrected chi connectivity index (χ3v) is 4.96. The molecule has 0 unspecified atom stereocenters. The average molecular weight is 298 g/mol. The molecule has 0 spiro atoms. The van der Waals surface area contributed by atoms with Crippen molar-refractivity contribution in [2.45, 2.75) is 25.0 Å². The summed E-state index contributed by atoms with van der Waals surface area (Å²) in [6.45, 7) is 7.48. The molecule has 0 bridgehead atoms. The van der Waals surface area contributed by atoms with Crippen LogP contribution >= 0.6 is 23.4 Å². The van der Waals surface area contributed by atoms with Crippen LogP contribution in [0.1, 0.15) is 30.6 Å². The molecular formula is C15H20ClNOS. The molecule has 1 aliphatic rings. The Labute approximate surface area is 124 Å². The minimum Gasteiger partial charge on any atom is -0.301 e. The van der Waals surface area contributed by atoms with Gasteiger partial charge in [-0.3, -0.25) is 4.79 Å². The van der Waals surface area contributed by atoms with Crippen LogP contribution in [0.5, 0.6) is 0 Å². The Kier molecular flexibility index (Phi) is 4.93. The predicted molar refractivity (Wildman–Crippen MR) is 83.4 cm³/mol. The number of rotatable bonds is 4. The Morgan fingerprint density at radius 1 is 1.42 bits per heavy atom. The van der Waals surface area contributed by atoms with Gasteiger partial charge < -0.3 is 4.90 Å². The first kappa shape index (κ1) is 14.9. The second-order valence-electron chi connectivity index (χ2n) is 5.54. The van der Waals surface area contributed by atoms with Gasteiger partial charge in [-0.25, -0.2) is 0 Å². The number of ketones is 1. The fourth-order valence-corrected chi connectivity index (χ4v) is 3.80. The van der Waals surface area contributed by atoms with Crippen molar-refractivity contribution in [2.75, 3.05) is 25.4 Å². The molecule has 0 aromatic heterocycles. The van der Waals surface area contributed by atoms with Crippen molar-refractivity contribution >= 4 is 29.1 Å². The van der Waals surface area contributed by atoms with Gasteiger partial charge in [0.2, 0.25) is 0 Å². The van der Waals surface area contributed by atoms with Gasteiger partial charge in [0.05, 0.1) is 5.02 Å². The minimum absolute atomic E-state index is 0.140. The van der Waals surface area contributed by atoms with Crippen LogP contribution in [0.3, 0.4) is 0 Å². The van der Waals surface area contributed by atoms with Crippen molar-refractivity contribution < 1.29 is 4.79 Å². The van der Waals surface area contributed by atoms with Crippen molar-refractivity contribution in [2.24, 2.45) is 0 Å². The first-order valence-corrected chi connectivity index (χ1v) is 7.98. The molecule has 104 valence electrons. The lowest BCUT2D eigenvalue weighted by atomic mass is 10.1. The van der Waals surface area contributed by atoms with Crippen LogP contribution in [-0.4, -0.2) is 40.8 Å². The van der Waals surface area contributed by atoms with Crippen molar-refractivity contribution in [1.82, 2.24) is 4.90 Å². The topological polar surface area (TPSA) is 20.3 Å². The number of hydrogen-bond donors (Lipinski definition) is 0. The summed E-state index contributed by atoms with van der Waals surface area (Å²) < 4.78 is 0.297. The highest BCUT2D eigenvalue weighted by atomic mass is 35.5. The Balaban J connectivity index is 1.89. The number of hydrogen-bond acceptors (Lipinski definition) is 3. The van der Waals surface area contributed by atoms with Crippen LogP contribution in [0.4, 0.5) is 0 Å². The number of carbonyl (C=O) groups excluding carboxylic acids is 1. The first-order valence-electron chi connectivity index (χ1n) is 6.62. The summed E-state index contributed by atoms with van der Waals surface area (Å²) in [5.41, 5.74) is 0.648. The lowest BCUT2D eigenvalue weighted by molar-refractivity contribution is 0.0963. The summed E-state index contributed by atoms with van der Waals surface area (Å²) in [6.07, 6.45) is 0.546. The SMILES string of the molecule is CC1(C)CN(CCC(=O)c2ccccc2Cl)CCS1. The van der Waals surface area contributed by atoms with Crippen LogP contribution in [0.15, 0.2) is 24.3 Å². The van der Waals surface area contributed by atoms with E-state index in [-0.39, 0.29) is 5.78 Å². The summed E-state index contributed by atoms with van der Waals surface area (Å²) in [6, 6.07) is 7.29. The lowest BCUT2D eigenvalue weighted by Gasteiger charge is -2.37. The normalized spacial score (nSPS) is 19.3. The van der Waals surface area contributed by atoms with Gasteiger partial charge in [-0.1, -0.05) is 23.7 Å². The lowest BCUT2D eigenvalue weighted by Crippen LogP contribution is -2.43. The number of nitrogens with zero attached hydrogens (tertiary/aromatic N) is 1. The second-order valence-corrected chi connectivity index (χ2v) is 7.75. The molecular weight excluding hydrogens is 278 g/mol. The molecule has 0 atom stereocenters. The molecule has 2 rings (SSSR count). The molecule has 0 saturated carbocycles. The highest BCUT2D eigenvalue weighted by molar-refractivity contribution is 8.00. The average Bonchev–Trinajstić information content (AvgIpc) is 2.35. The fraction of sp³-hybridized carbons (Fsp3) is 0.533. The van der Waals surface area contributed by atoms with E-state index in [0.29, 0.717) is 21.8 Å². The van der Waals surface area contributed by atoms with Crippen LogP contribution < -0.4 is 0 Å². The molecule has 0 radical (unpaired) electrons. The van der Waals surface area contributed by atoms with E-state index in [9.17, 15) is 4.79 Å². The van der Waals surface area contributed by atoms with E-state index in [1.165, 1.54) is 0 Å².